The number of anilines is 2. The van der Waals surface area contributed by atoms with Crippen molar-refractivity contribution in [2.24, 2.45) is 0 Å². The van der Waals surface area contributed by atoms with Crippen molar-refractivity contribution in [3.8, 4) is 0 Å². The van der Waals surface area contributed by atoms with Gasteiger partial charge in [0.15, 0.2) is 0 Å². The van der Waals surface area contributed by atoms with Crippen LogP contribution in [0.1, 0.15) is 0 Å². The van der Waals surface area contributed by atoms with Gasteiger partial charge in [0.05, 0.1) is 0 Å². The molecule has 2 heterocycles. The Morgan fingerprint density at radius 1 is 1.33 bits per heavy atom. The molecule has 0 saturated heterocycles. The van der Waals surface area contributed by atoms with Crippen molar-refractivity contribution in [3.63, 3.8) is 0 Å². The number of aromatic nitrogens is 5. The van der Waals surface area contributed by atoms with Crippen molar-refractivity contribution in [1.82, 2.24) is 20.4 Å². The molecule has 2 aromatic rings. The second-order valence-electron chi connectivity index (χ2n) is 2.16. The topological polar surface area (TPSA) is 131 Å². The molecule has 2 aromatic heterocycles. The van der Waals surface area contributed by atoms with Crippen LogP contribution in [0.2, 0.25) is 0 Å². The number of nitrogens with two attached hydrogens (primary N) is 2. The van der Waals surface area contributed by atoms with Gasteiger partial charge in [-0.3, -0.25) is 0 Å². The quantitative estimate of drug-likeness (QED) is 0.267. The molecule has 0 fully saturated rings. The van der Waals surface area contributed by atoms with Crippen LogP contribution in [0.15, 0.2) is 0 Å². The summed E-state index contributed by atoms with van der Waals surface area (Å²) in [6.45, 7) is 0. The van der Waals surface area contributed by atoms with Gasteiger partial charge in [0.2, 0.25) is 5.52 Å². The van der Waals surface area contributed by atoms with Crippen molar-refractivity contribution in [2.45, 2.75) is 0 Å². The van der Waals surface area contributed by atoms with Crippen LogP contribution in [-0.2, 0) is 0 Å². The number of hydrogen-bond acceptors (Lipinski definition) is 6. The van der Waals surface area contributed by atoms with Crippen molar-refractivity contribution in [1.29, 1.82) is 0 Å². The van der Waals surface area contributed by atoms with Crippen LogP contribution < -0.4 is 16.2 Å². The van der Waals surface area contributed by atoms with Crippen LogP contribution in [0.4, 0.5) is 11.8 Å². The van der Waals surface area contributed by atoms with Gasteiger partial charge in [-0.1, -0.05) is 4.98 Å². The zero-order valence-corrected chi connectivity index (χ0v) is 5.89. The van der Waals surface area contributed by atoms with E-state index in [1.165, 1.54) is 0 Å². The summed E-state index contributed by atoms with van der Waals surface area (Å²) >= 11 is 0. The van der Waals surface area contributed by atoms with Gasteiger partial charge < -0.3 is 16.7 Å². The minimum atomic E-state index is -0.131. The van der Waals surface area contributed by atoms with Crippen LogP contribution in [0.5, 0.6) is 0 Å². The molecule has 0 aromatic carbocycles. The van der Waals surface area contributed by atoms with E-state index in [2.05, 4.69) is 20.4 Å². The van der Waals surface area contributed by atoms with E-state index in [-0.39, 0.29) is 22.9 Å². The van der Waals surface area contributed by atoms with Gasteiger partial charge in [-0.25, -0.2) is 0 Å². The molecule has 8 heteroatoms. The highest BCUT2D eigenvalue weighted by Crippen LogP contribution is 2.09. The molecule has 0 atom stereocenters. The van der Waals surface area contributed by atoms with Crippen molar-refractivity contribution in [3.05, 3.63) is 0 Å². The molecule has 0 unspecified atom stereocenters. The summed E-state index contributed by atoms with van der Waals surface area (Å²) in [4.78, 5) is 3.70. The molecule has 6 N–H and O–H groups in total. The molecule has 0 saturated carbocycles. The molecule has 12 heavy (non-hydrogen) atoms. The van der Waals surface area contributed by atoms with Crippen LogP contribution in [0.25, 0.3) is 11.2 Å². The zero-order chi connectivity index (χ0) is 8.72. The molecule has 8 nitrogen and oxygen atoms in total. The van der Waals surface area contributed by atoms with Gasteiger partial charge in [-0.05, 0) is 4.73 Å². The number of H-pyrrole nitrogens is 1. The Labute approximate surface area is 65.8 Å². The van der Waals surface area contributed by atoms with E-state index >= 15 is 0 Å². The van der Waals surface area contributed by atoms with Gasteiger partial charge in [0, 0.05) is 0 Å². The number of nitrogens with zero attached hydrogens (tertiary/aromatic N) is 4. The number of rotatable bonds is 0. The highest BCUT2D eigenvalue weighted by molar-refractivity contribution is 5.78. The number of nitrogen functional groups attached to an aromatic ring is 2. The highest BCUT2D eigenvalue weighted by atomic mass is 16.5. The molecule has 62 valence electrons. The van der Waals surface area contributed by atoms with Gasteiger partial charge in [-0.15, -0.1) is 10.2 Å². The second kappa shape index (κ2) is 1.94. The maximum absolute atomic E-state index is 9.15. The van der Waals surface area contributed by atoms with E-state index in [1.54, 1.807) is 0 Å². The second-order valence-corrected chi connectivity index (χ2v) is 2.16. The number of hydrogen-bond donors (Lipinski definition) is 4. The third kappa shape index (κ3) is 0.654. The Morgan fingerprint density at radius 3 is 2.83 bits per heavy atom. The molecule has 0 radical (unpaired) electrons. The molecule has 0 aliphatic rings. The monoisotopic (exact) mass is 168 g/mol. The van der Waals surface area contributed by atoms with E-state index in [4.69, 9.17) is 16.7 Å². The summed E-state index contributed by atoms with van der Waals surface area (Å²) in [5.74, 6) is -0.125. The summed E-state index contributed by atoms with van der Waals surface area (Å²) in [5, 5.41) is 18.8. The molecule has 2 rings (SSSR count). The Bertz CT molecular complexity index is 434. The van der Waals surface area contributed by atoms with Crippen LogP contribution in [-0.4, -0.2) is 25.6 Å². The van der Waals surface area contributed by atoms with E-state index in [0.29, 0.717) is 4.73 Å². The molecule has 0 spiro atoms. The van der Waals surface area contributed by atoms with Crippen LogP contribution in [0, 0.1) is 0 Å². The molecule has 0 bridgehead atoms. The summed E-state index contributed by atoms with van der Waals surface area (Å²) < 4.78 is 0.546. The predicted molar refractivity (Wildman–Crippen MR) is 37.9 cm³/mol. The fraction of sp³-hybridized carbons (Fsp3) is 0. The van der Waals surface area contributed by atoms with Gasteiger partial charge in [0.1, 0.15) is 0 Å². The first kappa shape index (κ1) is 6.58. The van der Waals surface area contributed by atoms with Crippen LogP contribution >= 0.6 is 0 Å². The summed E-state index contributed by atoms with van der Waals surface area (Å²) in [5.41, 5.74) is 11.3. The van der Waals surface area contributed by atoms with E-state index in [9.17, 15) is 0 Å². The SMILES string of the molecule is Nc1nc2n[nH]nc2c(N)[n+]1O. The minimum Gasteiger partial charge on any atom is -0.382 e. The zero-order valence-electron chi connectivity index (χ0n) is 5.89. The Morgan fingerprint density at radius 2 is 2.08 bits per heavy atom. The Balaban J connectivity index is 2.94. The Kier molecular flexibility index (Phi) is 1.06. The van der Waals surface area contributed by atoms with Crippen molar-refractivity contribution in [2.75, 3.05) is 11.5 Å². The lowest BCUT2D eigenvalue weighted by Crippen LogP contribution is -2.38. The lowest BCUT2D eigenvalue weighted by molar-refractivity contribution is -0.882. The predicted octanol–water partition coefficient (Wildman–Crippen LogP) is -1.96. The average Bonchev–Trinajstić information content (AvgIpc) is 2.48. The Hall–Kier alpha value is -2.12. The smallest absolute Gasteiger partial charge is 0.382 e. The first-order valence-corrected chi connectivity index (χ1v) is 3.07. The minimum absolute atomic E-state index is 0.00579. The maximum atomic E-state index is 9.15. The molecule has 0 aliphatic carbocycles. The van der Waals surface area contributed by atoms with Gasteiger partial charge >= 0.3 is 5.95 Å². The number of aromatic amines is 1. The molecular formula is C4H6N7O+. The first-order chi connectivity index (χ1) is 5.70. The average molecular weight is 168 g/mol. The van der Waals surface area contributed by atoms with Crippen molar-refractivity contribution >= 4 is 22.9 Å². The van der Waals surface area contributed by atoms with Crippen molar-refractivity contribution < 1.29 is 9.94 Å². The largest absolute Gasteiger partial charge is 0.383 e. The molecular weight excluding hydrogens is 162 g/mol. The van der Waals surface area contributed by atoms with Crippen LogP contribution in [0.3, 0.4) is 0 Å². The lowest BCUT2D eigenvalue weighted by Gasteiger charge is -1.95. The highest BCUT2D eigenvalue weighted by Gasteiger charge is 2.17. The normalized spacial score (nSPS) is 10.7. The molecule has 0 amide bonds. The summed E-state index contributed by atoms with van der Waals surface area (Å²) in [6.07, 6.45) is 0. The maximum Gasteiger partial charge on any atom is 0.383 e. The fourth-order valence-corrected chi connectivity index (χ4v) is 0.855. The fourth-order valence-electron chi connectivity index (χ4n) is 0.855. The standard InChI is InChI=1S/C4H5N7O/c5-2-1-3(9-10-8-1)7-4(6)11(2)12/h12H,(H4,5,6,7,8,9,10)/p+1. The van der Waals surface area contributed by atoms with E-state index in [1.807, 2.05) is 0 Å². The summed E-state index contributed by atoms with van der Waals surface area (Å²) in [7, 11) is 0. The van der Waals surface area contributed by atoms with Gasteiger partial charge in [-0.2, -0.15) is 5.21 Å². The van der Waals surface area contributed by atoms with E-state index < -0.39 is 0 Å². The lowest BCUT2D eigenvalue weighted by atomic mass is 10.5. The third-order valence-electron chi connectivity index (χ3n) is 1.44. The number of nitrogens with one attached hydrogen (secondary N) is 1. The molecule has 0 aliphatic heterocycles. The third-order valence-corrected chi connectivity index (χ3v) is 1.44. The van der Waals surface area contributed by atoms with Gasteiger partial charge in [0.25, 0.3) is 11.5 Å². The van der Waals surface area contributed by atoms with E-state index in [0.717, 1.165) is 0 Å². The number of fused-ring (bicyclic) bond motifs is 1. The summed E-state index contributed by atoms with van der Waals surface area (Å²) in [6, 6.07) is 0. The first-order valence-electron chi connectivity index (χ1n) is 3.07.